The van der Waals surface area contributed by atoms with E-state index >= 15 is 0 Å². The van der Waals surface area contributed by atoms with Gasteiger partial charge in [-0.05, 0) is 49.9 Å². The fourth-order valence-corrected chi connectivity index (χ4v) is 3.01. The second-order valence-electron chi connectivity index (χ2n) is 5.28. The molecule has 1 aromatic carbocycles. The summed E-state index contributed by atoms with van der Waals surface area (Å²) in [6, 6.07) is 2.71. The molecule has 1 N–H and O–H groups in total. The SMILES string of the molecule is Fc1cc2c(cc1F)N(CC1CCNCC1)CC2. The number of piperidine rings is 1. The van der Waals surface area contributed by atoms with Crippen molar-refractivity contribution in [1.29, 1.82) is 0 Å². The van der Waals surface area contributed by atoms with Crippen LogP contribution in [0.3, 0.4) is 0 Å². The quantitative estimate of drug-likeness (QED) is 0.869. The third kappa shape index (κ3) is 2.21. The lowest BCUT2D eigenvalue weighted by molar-refractivity contribution is 0.375. The van der Waals surface area contributed by atoms with Crippen LogP contribution in [0.25, 0.3) is 0 Å². The molecule has 0 bridgehead atoms. The molecule has 2 nitrogen and oxygen atoms in total. The standard InChI is InChI=1S/C14H18F2N2/c15-12-7-11-3-6-18(14(11)8-13(12)16)9-10-1-4-17-5-2-10/h7-8,10,17H,1-6,9H2. The first-order valence-electron chi connectivity index (χ1n) is 6.67. The van der Waals surface area contributed by atoms with Crippen molar-refractivity contribution in [1.82, 2.24) is 5.32 Å². The summed E-state index contributed by atoms with van der Waals surface area (Å²) in [5, 5.41) is 3.35. The van der Waals surface area contributed by atoms with Gasteiger partial charge in [-0.15, -0.1) is 0 Å². The summed E-state index contributed by atoms with van der Waals surface area (Å²) in [5.41, 5.74) is 1.84. The van der Waals surface area contributed by atoms with Gasteiger partial charge in [0.25, 0.3) is 0 Å². The van der Waals surface area contributed by atoms with E-state index in [1.54, 1.807) is 0 Å². The summed E-state index contributed by atoms with van der Waals surface area (Å²) in [6.07, 6.45) is 3.18. The van der Waals surface area contributed by atoms with Crippen molar-refractivity contribution in [3.8, 4) is 0 Å². The van der Waals surface area contributed by atoms with Gasteiger partial charge in [-0.1, -0.05) is 0 Å². The Kier molecular flexibility index (Phi) is 3.20. The first-order chi connectivity index (χ1) is 8.74. The molecule has 0 atom stereocenters. The second kappa shape index (κ2) is 4.84. The van der Waals surface area contributed by atoms with Gasteiger partial charge in [0.05, 0.1) is 0 Å². The first-order valence-corrected chi connectivity index (χ1v) is 6.67. The van der Waals surface area contributed by atoms with Crippen LogP contribution in [0.1, 0.15) is 18.4 Å². The van der Waals surface area contributed by atoms with E-state index in [1.165, 1.54) is 25.0 Å². The van der Waals surface area contributed by atoms with Gasteiger partial charge < -0.3 is 10.2 Å². The van der Waals surface area contributed by atoms with E-state index in [9.17, 15) is 8.78 Å². The Morgan fingerprint density at radius 2 is 1.89 bits per heavy atom. The van der Waals surface area contributed by atoms with Gasteiger partial charge in [-0.2, -0.15) is 0 Å². The topological polar surface area (TPSA) is 15.3 Å². The minimum Gasteiger partial charge on any atom is -0.371 e. The van der Waals surface area contributed by atoms with E-state index < -0.39 is 11.6 Å². The van der Waals surface area contributed by atoms with Gasteiger partial charge in [-0.25, -0.2) is 8.78 Å². The Labute approximate surface area is 106 Å². The van der Waals surface area contributed by atoms with Crippen LogP contribution in [-0.4, -0.2) is 26.2 Å². The zero-order chi connectivity index (χ0) is 12.5. The van der Waals surface area contributed by atoms with Crippen LogP contribution in [0, 0.1) is 17.6 Å². The number of nitrogens with one attached hydrogen (secondary N) is 1. The molecule has 0 radical (unpaired) electrons. The average molecular weight is 252 g/mol. The maximum atomic E-state index is 13.3. The van der Waals surface area contributed by atoms with Crippen LogP contribution in [0.4, 0.5) is 14.5 Å². The fraction of sp³-hybridized carbons (Fsp3) is 0.571. The molecule has 0 spiro atoms. The number of halogens is 2. The lowest BCUT2D eigenvalue weighted by Gasteiger charge is -2.29. The first kappa shape index (κ1) is 11.9. The van der Waals surface area contributed by atoms with Gasteiger partial charge in [0.15, 0.2) is 11.6 Å². The Hall–Kier alpha value is -1.16. The molecule has 3 rings (SSSR count). The maximum absolute atomic E-state index is 13.3. The predicted molar refractivity (Wildman–Crippen MR) is 67.9 cm³/mol. The highest BCUT2D eigenvalue weighted by Crippen LogP contribution is 2.31. The molecule has 2 heterocycles. The van der Waals surface area contributed by atoms with Crippen LogP contribution >= 0.6 is 0 Å². The highest BCUT2D eigenvalue weighted by atomic mass is 19.2. The van der Waals surface area contributed by atoms with Crippen LogP contribution in [0.5, 0.6) is 0 Å². The van der Waals surface area contributed by atoms with Crippen LogP contribution < -0.4 is 10.2 Å². The molecular formula is C14H18F2N2. The zero-order valence-electron chi connectivity index (χ0n) is 10.4. The lowest BCUT2D eigenvalue weighted by Crippen LogP contribution is -2.35. The van der Waals surface area contributed by atoms with E-state index in [0.717, 1.165) is 43.9 Å². The fourth-order valence-electron chi connectivity index (χ4n) is 3.01. The second-order valence-corrected chi connectivity index (χ2v) is 5.28. The molecule has 1 aromatic rings. The van der Waals surface area contributed by atoms with E-state index in [4.69, 9.17) is 0 Å². The van der Waals surface area contributed by atoms with Crippen LogP contribution in [0.2, 0.25) is 0 Å². The number of rotatable bonds is 2. The van der Waals surface area contributed by atoms with E-state index in [-0.39, 0.29) is 0 Å². The smallest absolute Gasteiger partial charge is 0.160 e. The molecule has 98 valence electrons. The normalized spacial score (nSPS) is 20.2. The van der Waals surface area contributed by atoms with Crippen molar-refractivity contribution in [3.63, 3.8) is 0 Å². The molecular weight excluding hydrogens is 234 g/mol. The Balaban J connectivity index is 1.75. The van der Waals surface area contributed by atoms with Crippen molar-refractivity contribution in [2.45, 2.75) is 19.3 Å². The van der Waals surface area contributed by atoms with Crippen LogP contribution in [0.15, 0.2) is 12.1 Å². The molecule has 0 saturated carbocycles. The number of fused-ring (bicyclic) bond motifs is 1. The number of benzene rings is 1. The van der Waals surface area contributed by atoms with Crippen molar-refractivity contribution in [2.75, 3.05) is 31.1 Å². The molecule has 18 heavy (non-hydrogen) atoms. The summed E-state index contributed by atoms with van der Waals surface area (Å²) in [4.78, 5) is 2.22. The molecule has 2 aliphatic heterocycles. The van der Waals surface area contributed by atoms with E-state index in [0.29, 0.717) is 5.92 Å². The third-order valence-corrected chi connectivity index (χ3v) is 4.05. The van der Waals surface area contributed by atoms with Gasteiger partial charge in [0.2, 0.25) is 0 Å². The van der Waals surface area contributed by atoms with Crippen molar-refractivity contribution >= 4 is 5.69 Å². The summed E-state index contributed by atoms with van der Waals surface area (Å²) < 4.78 is 26.5. The Bertz CT molecular complexity index is 442. The lowest BCUT2D eigenvalue weighted by atomic mass is 9.97. The van der Waals surface area contributed by atoms with Crippen molar-refractivity contribution in [2.24, 2.45) is 5.92 Å². The van der Waals surface area contributed by atoms with Gasteiger partial charge in [-0.3, -0.25) is 0 Å². The molecule has 0 amide bonds. The van der Waals surface area contributed by atoms with E-state index in [2.05, 4.69) is 10.2 Å². The number of hydrogen-bond donors (Lipinski definition) is 1. The van der Waals surface area contributed by atoms with Crippen molar-refractivity contribution < 1.29 is 8.78 Å². The Morgan fingerprint density at radius 1 is 1.17 bits per heavy atom. The minimum absolute atomic E-state index is 0.672. The van der Waals surface area contributed by atoms with Gasteiger partial charge in [0.1, 0.15) is 0 Å². The summed E-state index contributed by atoms with van der Waals surface area (Å²) >= 11 is 0. The summed E-state index contributed by atoms with van der Waals surface area (Å²) in [7, 11) is 0. The largest absolute Gasteiger partial charge is 0.371 e. The third-order valence-electron chi connectivity index (χ3n) is 4.05. The van der Waals surface area contributed by atoms with Gasteiger partial charge in [0, 0.05) is 24.8 Å². The molecule has 0 aromatic heterocycles. The number of anilines is 1. The van der Waals surface area contributed by atoms with Gasteiger partial charge >= 0.3 is 0 Å². The van der Waals surface area contributed by atoms with Crippen LogP contribution in [-0.2, 0) is 6.42 Å². The molecule has 1 saturated heterocycles. The zero-order valence-corrected chi connectivity index (χ0v) is 10.4. The minimum atomic E-state index is -0.731. The maximum Gasteiger partial charge on any atom is 0.160 e. The number of hydrogen-bond acceptors (Lipinski definition) is 2. The summed E-state index contributed by atoms with van der Waals surface area (Å²) in [5.74, 6) is -0.784. The van der Waals surface area contributed by atoms with E-state index in [1.807, 2.05) is 0 Å². The Morgan fingerprint density at radius 3 is 2.67 bits per heavy atom. The molecule has 0 aliphatic carbocycles. The molecule has 4 heteroatoms. The highest BCUT2D eigenvalue weighted by Gasteiger charge is 2.24. The monoisotopic (exact) mass is 252 g/mol. The molecule has 2 aliphatic rings. The molecule has 1 fully saturated rings. The van der Waals surface area contributed by atoms with Crippen molar-refractivity contribution in [3.05, 3.63) is 29.3 Å². The highest BCUT2D eigenvalue weighted by molar-refractivity contribution is 5.58. The molecule has 0 unspecified atom stereocenters. The summed E-state index contributed by atoms with van der Waals surface area (Å²) in [6.45, 7) is 4.01. The predicted octanol–water partition coefficient (Wildman–Crippen LogP) is 2.33. The number of nitrogens with zero attached hydrogens (tertiary/aromatic N) is 1. The average Bonchev–Trinajstić information content (AvgIpc) is 2.74.